The third-order valence-corrected chi connectivity index (χ3v) is 3.16. The van der Waals surface area contributed by atoms with Gasteiger partial charge in [0, 0.05) is 0 Å². The van der Waals surface area contributed by atoms with Gasteiger partial charge in [0.25, 0.3) is 0 Å². The van der Waals surface area contributed by atoms with Crippen molar-refractivity contribution in [2.24, 2.45) is 0 Å². The fourth-order valence-electron chi connectivity index (χ4n) is 0.841. The molecule has 57 valence electrons. The van der Waals surface area contributed by atoms with Gasteiger partial charge in [-0.3, -0.25) is 0 Å². The molecule has 0 aliphatic rings. The van der Waals surface area contributed by atoms with E-state index in [-0.39, 0.29) is 25.9 Å². The molecule has 0 rings (SSSR count). The second-order valence-corrected chi connectivity index (χ2v) is 4.31. The second-order valence-electron chi connectivity index (χ2n) is 2.57. The van der Waals surface area contributed by atoms with Crippen molar-refractivity contribution in [1.82, 2.24) is 0 Å². The Hall–Kier alpha value is 1.30. The molecule has 0 saturated carbocycles. The molecule has 1 radical (unpaired) electrons. The van der Waals surface area contributed by atoms with Gasteiger partial charge in [-0.2, -0.15) is 0 Å². The van der Waals surface area contributed by atoms with E-state index in [1.807, 2.05) is 0 Å². The van der Waals surface area contributed by atoms with E-state index in [1.165, 1.54) is 36.2 Å². The van der Waals surface area contributed by atoms with Gasteiger partial charge in [-0.25, -0.2) is 0 Å². The van der Waals surface area contributed by atoms with E-state index in [4.69, 9.17) is 0 Å². The molecule has 0 unspecified atom stereocenters. The average Bonchev–Trinajstić information content (AvgIpc) is 1.89. The maximum Gasteiger partial charge on any atom is 2.00 e. The summed E-state index contributed by atoms with van der Waals surface area (Å²) < 4.78 is 0. The molecular formula is C8H20AlMg. The molecule has 2 heteroatoms. The summed E-state index contributed by atoms with van der Waals surface area (Å²) >= 11 is 0.818. The van der Waals surface area contributed by atoms with Crippen molar-refractivity contribution in [2.45, 2.75) is 50.1 Å². The third kappa shape index (κ3) is 12.0. The zero-order valence-corrected chi connectivity index (χ0v) is 10.1. The van der Waals surface area contributed by atoms with Gasteiger partial charge >= 0.3 is 23.1 Å². The van der Waals surface area contributed by atoms with Crippen LogP contribution in [0.3, 0.4) is 0 Å². The third-order valence-electron chi connectivity index (χ3n) is 1.52. The predicted octanol–water partition coefficient (Wildman–Crippen LogP) is 2.97. The fourth-order valence-corrected chi connectivity index (χ4v) is 2.52. The van der Waals surface area contributed by atoms with Crippen molar-refractivity contribution in [2.75, 3.05) is 0 Å². The van der Waals surface area contributed by atoms with Crippen LogP contribution in [-0.2, 0) is 0 Å². The monoisotopic (exact) mass is 167 g/mol. The molecule has 0 aliphatic carbocycles. The Balaban J connectivity index is -0.000000107. The number of rotatable bonds is 6. The largest absolute Gasteiger partial charge is 2.00 e. The minimum atomic E-state index is 0. The van der Waals surface area contributed by atoms with Gasteiger partial charge in [0.15, 0.2) is 15.2 Å². The first kappa shape index (κ1) is 13.9. The summed E-state index contributed by atoms with van der Waals surface area (Å²) in [5.74, 6) is 0. The van der Waals surface area contributed by atoms with Crippen LogP contribution in [0, 0.1) is 0 Å². The normalized spacial score (nSPS) is 8.60. The molecule has 0 spiro atoms. The smallest absolute Gasteiger partial charge is 1.00 e. The van der Waals surface area contributed by atoms with E-state index in [9.17, 15) is 0 Å². The Morgan fingerprint density at radius 1 is 1.00 bits per heavy atom. The van der Waals surface area contributed by atoms with Gasteiger partial charge < -0.3 is 2.85 Å². The summed E-state index contributed by atoms with van der Waals surface area (Å²) in [5.41, 5.74) is 0. The van der Waals surface area contributed by atoms with Crippen LogP contribution in [0.5, 0.6) is 0 Å². The van der Waals surface area contributed by atoms with Crippen molar-refractivity contribution in [3.63, 3.8) is 0 Å². The van der Waals surface area contributed by atoms with E-state index in [1.54, 1.807) is 0 Å². The Bertz CT molecular complexity index is 50.3. The van der Waals surface area contributed by atoms with Gasteiger partial charge in [0.1, 0.15) is 0 Å². The molecule has 0 N–H and O–H groups in total. The molecule has 0 aromatic rings. The van der Waals surface area contributed by atoms with Crippen LogP contribution in [0.1, 0.15) is 42.4 Å². The Kier molecular flexibility index (Phi) is 17.9. The van der Waals surface area contributed by atoms with Crippen molar-refractivity contribution in [1.29, 1.82) is 0 Å². The van der Waals surface area contributed by atoms with Gasteiger partial charge in [-0.05, 0) is 0 Å². The van der Waals surface area contributed by atoms with Gasteiger partial charge in [0.2, 0.25) is 0 Å². The van der Waals surface area contributed by atoms with Crippen LogP contribution in [-0.4, -0.2) is 38.3 Å². The van der Waals surface area contributed by atoms with Crippen LogP contribution < -0.4 is 0 Å². The summed E-state index contributed by atoms with van der Waals surface area (Å²) in [4.78, 5) is 0. The van der Waals surface area contributed by atoms with Crippen LogP contribution in [0.2, 0.25) is 10.6 Å². The number of hydrogen-bond acceptors (Lipinski definition) is 0. The quantitative estimate of drug-likeness (QED) is 0.422. The van der Waals surface area contributed by atoms with E-state index in [0.29, 0.717) is 0 Å². The Morgan fingerprint density at radius 2 is 1.40 bits per heavy atom. The minimum Gasteiger partial charge on any atom is -1.00 e. The summed E-state index contributed by atoms with van der Waals surface area (Å²) in [6.07, 6.45) is 5.72. The number of hydrogen-bond donors (Lipinski definition) is 0. The van der Waals surface area contributed by atoms with E-state index < -0.39 is 0 Å². The molecule has 0 saturated heterocycles. The first-order valence-electron chi connectivity index (χ1n) is 4.23. The van der Waals surface area contributed by atoms with E-state index in [2.05, 4.69) is 13.8 Å². The SMILES string of the molecule is CCC[CH2][Al][CH2]CCC.[H-].[H-].[Mg+2]. The fraction of sp³-hybridized carbons (Fsp3) is 1.00. The summed E-state index contributed by atoms with van der Waals surface area (Å²) in [6.45, 7) is 4.55. The van der Waals surface area contributed by atoms with Gasteiger partial charge in [0.05, 0.1) is 0 Å². The van der Waals surface area contributed by atoms with Crippen molar-refractivity contribution < 1.29 is 2.85 Å². The molecule has 0 heterocycles. The minimum absolute atomic E-state index is 0. The average molecular weight is 168 g/mol. The van der Waals surface area contributed by atoms with Crippen LogP contribution in [0.25, 0.3) is 0 Å². The maximum atomic E-state index is 2.28. The molecule has 0 aromatic carbocycles. The van der Waals surface area contributed by atoms with E-state index in [0.717, 1.165) is 15.2 Å². The van der Waals surface area contributed by atoms with Crippen LogP contribution in [0.15, 0.2) is 0 Å². The first-order valence-corrected chi connectivity index (χ1v) is 5.86. The maximum absolute atomic E-state index is 2.28. The van der Waals surface area contributed by atoms with Crippen LogP contribution in [0.4, 0.5) is 0 Å². The molecule has 0 aromatic heterocycles. The molecule has 0 atom stereocenters. The van der Waals surface area contributed by atoms with Gasteiger partial charge in [-0.15, -0.1) is 10.6 Å². The Morgan fingerprint density at radius 3 is 1.70 bits per heavy atom. The van der Waals surface area contributed by atoms with Crippen molar-refractivity contribution >= 4 is 38.3 Å². The molecule has 0 nitrogen and oxygen atoms in total. The predicted molar refractivity (Wildman–Crippen MR) is 53.2 cm³/mol. The van der Waals surface area contributed by atoms with Crippen molar-refractivity contribution in [3.05, 3.63) is 0 Å². The summed E-state index contributed by atoms with van der Waals surface area (Å²) in [6, 6.07) is 0. The van der Waals surface area contributed by atoms with Crippen LogP contribution >= 0.6 is 0 Å². The summed E-state index contributed by atoms with van der Waals surface area (Å²) in [7, 11) is 0. The topological polar surface area (TPSA) is 0 Å². The molecule has 0 aliphatic heterocycles. The second kappa shape index (κ2) is 12.9. The number of unbranched alkanes of at least 4 members (excludes halogenated alkanes) is 2. The summed E-state index contributed by atoms with van der Waals surface area (Å²) in [5, 5.41) is 3.08. The van der Waals surface area contributed by atoms with E-state index >= 15 is 0 Å². The zero-order chi connectivity index (χ0) is 6.95. The molecular weight excluding hydrogens is 147 g/mol. The first-order chi connectivity index (χ1) is 4.41. The molecule has 0 amide bonds. The molecule has 0 bridgehead atoms. The molecule has 10 heavy (non-hydrogen) atoms. The van der Waals surface area contributed by atoms with Crippen molar-refractivity contribution in [3.8, 4) is 0 Å². The zero-order valence-electron chi connectivity index (χ0n) is 9.53. The molecule has 0 fully saturated rings. The Labute approximate surface area is 91.0 Å². The van der Waals surface area contributed by atoms with Gasteiger partial charge in [-0.1, -0.05) is 39.5 Å². The standard InChI is InChI=1S/2C4H9.Al.Mg.2H/c2*1-3-4-2;;;;/h2*1,3-4H2,2H3;;;;/q;;;+2;2*-1.